The molecule has 0 bridgehead atoms. The summed E-state index contributed by atoms with van der Waals surface area (Å²) in [4.78, 5) is 2.68. The minimum absolute atomic E-state index is 0.195. The molecule has 1 N–H and O–H groups in total. The Hall–Kier alpha value is -0.900. The molecule has 0 saturated carbocycles. The van der Waals surface area contributed by atoms with Crippen LogP contribution in [0.2, 0.25) is 5.02 Å². The number of aryl methyl sites for hydroxylation is 2. The van der Waals surface area contributed by atoms with E-state index in [2.05, 4.69) is 32.2 Å². The second-order valence-electron chi connectivity index (χ2n) is 5.35. The molecule has 21 heavy (non-hydrogen) atoms. The van der Waals surface area contributed by atoms with E-state index in [1.165, 1.54) is 21.4 Å². The van der Waals surface area contributed by atoms with E-state index in [0.29, 0.717) is 0 Å². The predicted octanol–water partition coefficient (Wildman–Crippen LogP) is 5.44. The van der Waals surface area contributed by atoms with Crippen LogP contribution in [-0.2, 0) is 6.42 Å². The van der Waals surface area contributed by atoms with Crippen molar-refractivity contribution in [2.45, 2.75) is 39.7 Å². The van der Waals surface area contributed by atoms with Gasteiger partial charge in [-0.2, -0.15) is 0 Å². The SMILES string of the molecule is CCCNC(Cc1ccc(F)c(Cl)c1)c1cc(C)c(C)s1. The molecule has 1 aromatic carbocycles. The van der Waals surface area contributed by atoms with E-state index in [-0.39, 0.29) is 16.9 Å². The van der Waals surface area contributed by atoms with Crippen LogP contribution in [0.4, 0.5) is 4.39 Å². The van der Waals surface area contributed by atoms with E-state index in [1.54, 1.807) is 6.07 Å². The first-order valence-electron chi connectivity index (χ1n) is 7.25. The highest BCUT2D eigenvalue weighted by molar-refractivity contribution is 7.12. The summed E-state index contributed by atoms with van der Waals surface area (Å²) in [7, 11) is 0. The van der Waals surface area contributed by atoms with Crippen LogP contribution in [0.5, 0.6) is 0 Å². The molecule has 0 amide bonds. The molecule has 1 aromatic heterocycles. The number of hydrogen-bond acceptors (Lipinski definition) is 2. The van der Waals surface area contributed by atoms with Gasteiger partial charge in [-0.1, -0.05) is 24.6 Å². The Morgan fingerprint density at radius 2 is 2.05 bits per heavy atom. The first-order chi connectivity index (χ1) is 10.0. The third kappa shape index (κ3) is 4.29. The molecule has 0 radical (unpaired) electrons. The topological polar surface area (TPSA) is 12.0 Å². The van der Waals surface area contributed by atoms with Gasteiger partial charge in [-0.15, -0.1) is 11.3 Å². The van der Waals surface area contributed by atoms with Crippen LogP contribution in [-0.4, -0.2) is 6.54 Å². The van der Waals surface area contributed by atoms with E-state index in [1.807, 2.05) is 17.4 Å². The number of nitrogens with one attached hydrogen (secondary N) is 1. The van der Waals surface area contributed by atoms with Gasteiger partial charge in [-0.25, -0.2) is 4.39 Å². The third-order valence-electron chi connectivity index (χ3n) is 3.59. The Bertz CT molecular complexity index is 589. The Morgan fingerprint density at radius 3 is 2.62 bits per heavy atom. The summed E-state index contributed by atoms with van der Waals surface area (Å²) >= 11 is 7.71. The van der Waals surface area contributed by atoms with Crippen LogP contribution in [0.15, 0.2) is 24.3 Å². The van der Waals surface area contributed by atoms with E-state index in [0.717, 1.165) is 24.9 Å². The average Bonchev–Trinajstić information content (AvgIpc) is 2.78. The van der Waals surface area contributed by atoms with Gasteiger partial charge >= 0.3 is 0 Å². The van der Waals surface area contributed by atoms with Crippen molar-refractivity contribution in [1.29, 1.82) is 0 Å². The molecule has 0 spiro atoms. The molecule has 0 saturated heterocycles. The average molecular weight is 326 g/mol. The van der Waals surface area contributed by atoms with Crippen LogP contribution in [0.25, 0.3) is 0 Å². The molecule has 2 aromatic rings. The summed E-state index contributed by atoms with van der Waals surface area (Å²) in [5, 5.41) is 3.78. The normalized spacial score (nSPS) is 12.6. The van der Waals surface area contributed by atoms with Gasteiger partial charge in [0.15, 0.2) is 0 Å². The summed E-state index contributed by atoms with van der Waals surface area (Å²) in [6.45, 7) is 7.41. The fourth-order valence-electron chi connectivity index (χ4n) is 2.27. The molecule has 1 heterocycles. The zero-order valence-corrected chi connectivity index (χ0v) is 14.2. The Kier molecular flexibility index (Phi) is 5.80. The summed E-state index contributed by atoms with van der Waals surface area (Å²) in [5.41, 5.74) is 2.38. The maximum absolute atomic E-state index is 13.3. The van der Waals surface area contributed by atoms with Crippen molar-refractivity contribution < 1.29 is 4.39 Å². The highest BCUT2D eigenvalue weighted by Gasteiger charge is 2.15. The van der Waals surface area contributed by atoms with Crippen molar-refractivity contribution >= 4 is 22.9 Å². The van der Waals surface area contributed by atoms with E-state index in [4.69, 9.17) is 11.6 Å². The van der Waals surface area contributed by atoms with Crippen LogP contribution in [0, 0.1) is 19.7 Å². The number of benzene rings is 1. The minimum Gasteiger partial charge on any atom is -0.309 e. The molecule has 1 unspecified atom stereocenters. The summed E-state index contributed by atoms with van der Waals surface area (Å²) < 4.78 is 13.3. The standard InChI is InChI=1S/C17H21ClFNS/c1-4-7-20-16(17-8-11(2)12(3)21-17)10-13-5-6-15(19)14(18)9-13/h5-6,8-9,16,20H,4,7,10H2,1-3H3. The summed E-state index contributed by atoms with van der Waals surface area (Å²) in [6.07, 6.45) is 1.91. The first kappa shape index (κ1) is 16.5. The lowest BCUT2D eigenvalue weighted by Crippen LogP contribution is -2.23. The zero-order chi connectivity index (χ0) is 15.4. The molecular formula is C17H21ClFNS. The molecule has 0 aliphatic carbocycles. The highest BCUT2D eigenvalue weighted by Crippen LogP contribution is 2.29. The van der Waals surface area contributed by atoms with Crippen LogP contribution in [0.1, 0.15) is 40.3 Å². The van der Waals surface area contributed by atoms with Gasteiger partial charge in [-0.3, -0.25) is 0 Å². The third-order valence-corrected chi connectivity index (χ3v) is 5.15. The number of halogens is 2. The Morgan fingerprint density at radius 1 is 1.29 bits per heavy atom. The largest absolute Gasteiger partial charge is 0.309 e. The minimum atomic E-state index is -0.360. The Labute approximate surface area is 135 Å². The molecule has 1 atom stereocenters. The van der Waals surface area contributed by atoms with Crippen molar-refractivity contribution in [3.05, 3.63) is 56.0 Å². The lowest BCUT2D eigenvalue weighted by Gasteiger charge is -2.17. The molecule has 0 aliphatic heterocycles. The number of rotatable bonds is 6. The maximum Gasteiger partial charge on any atom is 0.141 e. The van der Waals surface area contributed by atoms with Gasteiger partial charge in [0.05, 0.1) is 5.02 Å². The van der Waals surface area contributed by atoms with Crippen molar-refractivity contribution in [3.8, 4) is 0 Å². The highest BCUT2D eigenvalue weighted by atomic mass is 35.5. The lowest BCUT2D eigenvalue weighted by atomic mass is 10.0. The number of hydrogen-bond donors (Lipinski definition) is 1. The molecule has 2 rings (SSSR count). The van der Waals surface area contributed by atoms with Gasteiger partial charge in [0.25, 0.3) is 0 Å². The fourth-order valence-corrected chi connectivity index (χ4v) is 3.59. The smallest absolute Gasteiger partial charge is 0.141 e. The number of thiophene rings is 1. The summed E-state index contributed by atoms with van der Waals surface area (Å²) in [5.74, 6) is -0.360. The second-order valence-corrected chi connectivity index (χ2v) is 7.04. The quantitative estimate of drug-likeness (QED) is 0.745. The van der Waals surface area contributed by atoms with Crippen molar-refractivity contribution in [2.24, 2.45) is 0 Å². The molecule has 1 nitrogen and oxygen atoms in total. The molecule has 114 valence electrons. The first-order valence-corrected chi connectivity index (χ1v) is 8.45. The van der Waals surface area contributed by atoms with Gasteiger partial charge in [0.1, 0.15) is 5.82 Å². The fraction of sp³-hybridized carbons (Fsp3) is 0.412. The monoisotopic (exact) mass is 325 g/mol. The second kappa shape index (κ2) is 7.39. The summed E-state index contributed by atoms with van der Waals surface area (Å²) in [6, 6.07) is 7.49. The molecule has 0 fully saturated rings. The van der Waals surface area contributed by atoms with E-state index in [9.17, 15) is 4.39 Å². The van der Waals surface area contributed by atoms with E-state index >= 15 is 0 Å². The zero-order valence-electron chi connectivity index (χ0n) is 12.7. The van der Waals surface area contributed by atoms with Crippen LogP contribution < -0.4 is 5.32 Å². The van der Waals surface area contributed by atoms with Crippen molar-refractivity contribution in [3.63, 3.8) is 0 Å². The molecule has 0 aliphatic rings. The van der Waals surface area contributed by atoms with Crippen LogP contribution in [0.3, 0.4) is 0 Å². The predicted molar refractivity (Wildman–Crippen MR) is 89.9 cm³/mol. The van der Waals surface area contributed by atoms with Crippen LogP contribution >= 0.6 is 22.9 Å². The lowest BCUT2D eigenvalue weighted by molar-refractivity contribution is 0.535. The van der Waals surface area contributed by atoms with Gasteiger partial charge < -0.3 is 5.32 Å². The maximum atomic E-state index is 13.3. The van der Waals surface area contributed by atoms with Gasteiger partial charge in [0.2, 0.25) is 0 Å². The van der Waals surface area contributed by atoms with Gasteiger partial charge in [-0.05, 0) is 62.6 Å². The van der Waals surface area contributed by atoms with Crippen molar-refractivity contribution in [1.82, 2.24) is 5.32 Å². The Balaban J connectivity index is 2.21. The molecular weight excluding hydrogens is 305 g/mol. The van der Waals surface area contributed by atoms with Crippen molar-refractivity contribution in [2.75, 3.05) is 6.54 Å². The molecule has 4 heteroatoms. The van der Waals surface area contributed by atoms with E-state index < -0.39 is 0 Å². The van der Waals surface area contributed by atoms with Gasteiger partial charge in [0, 0.05) is 15.8 Å².